The van der Waals surface area contributed by atoms with Gasteiger partial charge in [0.15, 0.2) is 0 Å². The Balaban J connectivity index is 1.55. The van der Waals surface area contributed by atoms with Crippen molar-refractivity contribution in [1.82, 2.24) is 14.5 Å². The fourth-order valence-electron chi connectivity index (χ4n) is 5.36. The van der Waals surface area contributed by atoms with Crippen molar-refractivity contribution in [3.63, 3.8) is 0 Å². The van der Waals surface area contributed by atoms with Crippen LogP contribution in [0.15, 0.2) is 71.5 Å². The van der Waals surface area contributed by atoms with Gasteiger partial charge in [0.05, 0.1) is 17.2 Å². The van der Waals surface area contributed by atoms with E-state index < -0.39 is 0 Å². The average Bonchev–Trinajstić information content (AvgIpc) is 3.15. The number of rotatable bonds is 5. The van der Waals surface area contributed by atoms with Crippen LogP contribution in [0.5, 0.6) is 0 Å². The molecule has 2 aromatic carbocycles. The van der Waals surface area contributed by atoms with Gasteiger partial charge in [-0.3, -0.25) is 9.69 Å². The largest absolute Gasteiger partial charge is 0.368 e. The van der Waals surface area contributed by atoms with Crippen LogP contribution in [-0.4, -0.2) is 40.6 Å². The van der Waals surface area contributed by atoms with Gasteiger partial charge in [-0.1, -0.05) is 37.6 Å². The molecule has 4 aromatic rings. The van der Waals surface area contributed by atoms with E-state index in [-0.39, 0.29) is 29.2 Å². The summed E-state index contributed by atoms with van der Waals surface area (Å²) >= 11 is 0. The number of aryl methyl sites for hydroxylation is 1. The molecule has 8 heteroatoms. The van der Waals surface area contributed by atoms with Crippen molar-refractivity contribution in [3.05, 3.63) is 106 Å². The maximum absolute atomic E-state index is 13.8. The summed E-state index contributed by atoms with van der Waals surface area (Å²) < 4.78 is 29.1. The number of nitriles is 1. The summed E-state index contributed by atoms with van der Waals surface area (Å²) in [7, 11) is 1.71. The lowest BCUT2D eigenvalue weighted by Gasteiger charge is -2.33. The SMILES string of the molecule is CC[C@@H]1CN(c2cc(=O)n(C)c3ccc(C#N)nc23)CCN(C(c2ccc(F)cc2)c2ccc(F)cc2)C1. The molecule has 6 nitrogen and oxygen atoms in total. The van der Waals surface area contributed by atoms with Crippen molar-refractivity contribution >= 4 is 16.7 Å². The van der Waals surface area contributed by atoms with Crippen LogP contribution >= 0.6 is 0 Å². The molecule has 0 radical (unpaired) electrons. The van der Waals surface area contributed by atoms with Crippen LogP contribution < -0.4 is 10.5 Å². The highest BCUT2D eigenvalue weighted by molar-refractivity contribution is 5.88. The van der Waals surface area contributed by atoms with Gasteiger partial charge in [-0.25, -0.2) is 13.8 Å². The molecule has 0 unspecified atom stereocenters. The van der Waals surface area contributed by atoms with Crippen LogP contribution in [0.2, 0.25) is 0 Å². The number of fused-ring (bicyclic) bond motifs is 1. The molecule has 1 aliphatic heterocycles. The first kappa shape index (κ1) is 25.6. The highest BCUT2D eigenvalue weighted by Crippen LogP contribution is 2.33. The van der Waals surface area contributed by atoms with E-state index in [1.54, 1.807) is 54.1 Å². The predicted octanol–water partition coefficient (Wildman–Crippen LogP) is 5.02. The third-order valence-electron chi connectivity index (χ3n) is 7.47. The maximum Gasteiger partial charge on any atom is 0.252 e. The summed E-state index contributed by atoms with van der Waals surface area (Å²) in [5.41, 5.74) is 4.05. The molecular weight excluding hydrogens is 484 g/mol. The Labute approximate surface area is 220 Å². The third-order valence-corrected chi connectivity index (χ3v) is 7.47. The van der Waals surface area contributed by atoms with E-state index in [4.69, 9.17) is 0 Å². The Morgan fingerprint density at radius 2 is 1.61 bits per heavy atom. The van der Waals surface area contributed by atoms with Gasteiger partial charge in [0.2, 0.25) is 0 Å². The van der Waals surface area contributed by atoms with E-state index in [1.165, 1.54) is 24.3 Å². The Kier molecular flexibility index (Phi) is 7.21. The van der Waals surface area contributed by atoms with Gasteiger partial charge >= 0.3 is 0 Å². The number of halogens is 2. The zero-order valence-corrected chi connectivity index (χ0v) is 21.4. The first-order valence-electron chi connectivity index (χ1n) is 12.8. The third kappa shape index (κ3) is 5.02. The molecule has 2 aromatic heterocycles. The Bertz CT molecular complexity index is 1500. The second-order valence-electron chi connectivity index (χ2n) is 9.82. The number of aromatic nitrogens is 2. The summed E-state index contributed by atoms with van der Waals surface area (Å²) in [4.78, 5) is 22.0. The molecule has 0 spiro atoms. The molecule has 0 bridgehead atoms. The second kappa shape index (κ2) is 10.7. The average molecular weight is 514 g/mol. The molecule has 1 atom stereocenters. The summed E-state index contributed by atoms with van der Waals surface area (Å²) in [6.45, 7) is 4.91. The molecule has 1 aliphatic rings. The minimum absolute atomic E-state index is 0.135. The van der Waals surface area contributed by atoms with E-state index in [2.05, 4.69) is 27.8 Å². The van der Waals surface area contributed by atoms with Gasteiger partial charge in [-0.15, -0.1) is 0 Å². The van der Waals surface area contributed by atoms with E-state index in [9.17, 15) is 18.8 Å². The van der Waals surface area contributed by atoms with Crippen molar-refractivity contribution < 1.29 is 8.78 Å². The molecule has 194 valence electrons. The van der Waals surface area contributed by atoms with Crippen LogP contribution in [0.1, 0.15) is 36.2 Å². The summed E-state index contributed by atoms with van der Waals surface area (Å²) in [5, 5.41) is 9.45. The molecule has 0 N–H and O–H groups in total. The van der Waals surface area contributed by atoms with Crippen LogP contribution in [0.25, 0.3) is 11.0 Å². The van der Waals surface area contributed by atoms with E-state index in [1.807, 2.05) is 0 Å². The van der Waals surface area contributed by atoms with Crippen LogP contribution in [0.4, 0.5) is 14.5 Å². The first-order chi connectivity index (χ1) is 18.4. The molecule has 0 aliphatic carbocycles. The van der Waals surface area contributed by atoms with E-state index in [0.29, 0.717) is 36.4 Å². The van der Waals surface area contributed by atoms with Crippen molar-refractivity contribution in [3.8, 4) is 6.07 Å². The number of hydrogen-bond donors (Lipinski definition) is 0. The molecule has 3 heterocycles. The van der Waals surface area contributed by atoms with Gasteiger partial charge in [-0.05, 0) is 53.4 Å². The monoisotopic (exact) mass is 513 g/mol. The Hall–Kier alpha value is -4.09. The topological polar surface area (TPSA) is 65.2 Å². The number of nitrogens with zero attached hydrogens (tertiary/aromatic N) is 5. The van der Waals surface area contributed by atoms with Gasteiger partial charge in [0.1, 0.15) is 28.9 Å². The summed E-state index contributed by atoms with van der Waals surface area (Å²) in [6.07, 6.45) is 0.909. The second-order valence-corrected chi connectivity index (χ2v) is 9.82. The van der Waals surface area contributed by atoms with Crippen LogP contribution in [0.3, 0.4) is 0 Å². The highest BCUT2D eigenvalue weighted by Gasteiger charge is 2.30. The molecule has 5 rings (SSSR count). The maximum atomic E-state index is 13.8. The molecule has 1 saturated heterocycles. The normalized spacial score (nSPS) is 16.5. The Morgan fingerprint density at radius 1 is 0.974 bits per heavy atom. The predicted molar refractivity (Wildman–Crippen MR) is 144 cm³/mol. The number of pyridine rings is 2. The van der Waals surface area contributed by atoms with Gasteiger partial charge < -0.3 is 9.47 Å². The smallest absolute Gasteiger partial charge is 0.252 e. The van der Waals surface area contributed by atoms with Crippen molar-refractivity contribution in [2.24, 2.45) is 13.0 Å². The van der Waals surface area contributed by atoms with Gasteiger partial charge in [0.25, 0.3) is 5.56 Å². The van der Waals surface area contributed by atoms with Gasteiger partial charge in [-0.2, -0.15) is 5.26 Å². The zero-order chi connectivity index (χ0) is 26.8. The van der Waals surface area contributed by atoms with E-state index >= 15 is 0 Å². The number of anilines is 1. The fraction of sp³-hybridized carbons (Fsp3) is 0.300. The minimum atomic E-state index is -0.304. The molecular formula is C30H29F2N5O. The van der Waals surface area contributed by atoms with Crippen molar-refractivity contribution in [2.75, 3.05) is 31.1 Å². The minimum Gasteiger partial charge on any atom is -0.368 e. The van der Waals surface area contributed by atoms with Crippen LogP contribution in [-0.2, 0) is 7.05 Å². The summed E-state index contributed by atoms with van der Waals surface area (Å²) in [5.74, 6) is -0.345. The van der Waals surface area contributed by atoms with Crippen LogP contribution in [0, 0.1) is 28.9 Å². The number of hydrogen-bond acceptors (Lipinski definition) is 5. The first-order valence-corrected chi connectivity index (χ1v) is 12.8. The van der Waals surface area contributed by atoms with Gasteiger partial charge in [0, 0.05) is 39.3 Å². The van der Waals surface area contributed by atoms with Crippen molar-refractivity contribution in [2.45, 2.75) is 19.4 Å². The lowest BCUT2D eigenvalue weighted by molar-refractivity contribution is 0.210. The molecule has 1 fully saturated rings. The van der Waals surface area contributed by atoms with E-state index in [0.717, 1.165) is 29.8 Å². The summed E-state index contributed by atoms with van der Waals surface area (Å²) in [6, 6.07) is 19.9. The fourth-order valence-corrected chi connectivity index (χ4v) is 5.36. The zero-order valence-electron chi connectivity index (χ0n) is 21.4. The lowest BCUT2D eigenvalue weighted by Crippen LogP contribution is -2.35. The Morgan fingerprint density at radius 3 is 2.18 bits per heavy atom. The highest BCUT2D eigenvalue weighted by atomic mass is 19.1. The molecule has 0 saturated carbocycles. The lowest BCUT2D eigenvalue weighted by atomic mass is 9.95. The molecule has 38 heavy (non-hydrogen) atoms. The quantitative estimate of drug-likeness (QED) is 0.375. The van der Waals surface area contributed by atoms with Crippen molar-refractivity contribution in [1.29, 1.82) is 5.26 Å². The number of benzene rings is 2. The standard InChI is InChI=1S/C30H29F2N5O/c1-3-20-18-36(27-16-28(38)35(2)26-13-12-25(17-33)34-29(26)27)14-15-37(19-20)30(21-4-8-23(31)9-5-21)22-6-10-24(32)11-7-22/h4-13,16,20,30H,3,14-15,18-19H2,1-2H3/t20-/m1/s1. The molecule has 0 amide bonds.